The molecule has 1 aromatic carbocycles. The Balaban J connectivity index is 2.51. The number of halogens is 4. The molecule has 0 saturated heterocycles. The molecule has 8 heteroatoms. The van der Waals surface area contributed by atoms with Crippen LogP contribution in [-0.2, 0) is 6.18 Å². The summed E-state index contributed by atoms with van der Waals surface area (Å²) in [6, 6.07) is 2.57. The maximum atomic E-state index is 13.0. The summed E-state index contributed by atoms with van der Waals surface area (Å²) in [6.07, 6.45) is -4.75. The highest BCUT2D eigenvalue weighted by Gasteiger charge is 2.34. The number of nitrogens with two attached hydrogens (primary N) is 1. The molecule has 0 amide bonds. The standard InChI is InChI=1S/C9H5F4N3S/c10-6-2-1-4(3-5(6)9(11,12)13)7-15-8(14)17-16-7/h1-3H,(H2,14,15,16). The number of alkyl halides is 3. The second-order valence-corrected chi connectivity index (χ2v) is 3.93. The Kier molecular flexibility index (Phi) is 2.74. The number of hydrogen-bond donors (Lipinski definition) is 1. The van der Waals surface area contributed by atoms with Crippen molar-refractivity contribution in [3.63, 3.8) is 0 Å². The van der Waals surface area contributed by atoms with Crippen LogP contribution >= 0.6 is 11.5 Å². The third kappa shape index (κ3) is 2.36. The molecule has 0 aliphatic carbocycles. The number of hydrogen-bond acceptors (Lipinski definition) is 4. The lowest BCUT2D eigenvalue weighted by Crippen LogP contribution is -2.08. The average molecular weight is 263 g/mol. The molecule has 0 radical (unpaired) electrons. The van der Waals surface area contributed by atoms with E-state index in [0.29, 0.717) is 6.07 Å². The monoisotopic (exact) mass is 263 g/mol. The van der Waals surface area contributed by atoms with Crippen molar-refractivity contribution in [1.82, 2.24) is 9.36 Å². The highest BCUT2D eigenvalue weighted by Crippen LogP contribution is 2.33. The van der Waals surface area contributed by atoms with E-state index >= 15 is 0 Å². The van der Waals surface area contributed by atoms with Crippen molar-refractivity contribution in [3.05, 3.63) is 29.6 Å². The molecule has 0 atom stereocenters. The zero-order valence-corrected chi connectivity index (χ0v) is 8.94. The first kappa shape index (κ1) is 11.8. The zero-order valence-electron chi connectivity index (χ0n) is 8.12. The van der Waals surface area contributed by atoms with Crippen molar-refractivity contribution in [2.45, 2.75) is 6.18 Å². The van der Waals surface area contributed by atoms with Gasteiger partial charge in [-0.25, -0.2) is 4.39 Å². The minimum absolute atomic E-state index is 0.0537. The Bertz CT molecular complexity index is 549. The molecule has 3 nitrogen and oxygen atoms in total. The first-order chi connectivity index (χ1) is 7.88. The Hall–Kier alpha value is -1.70. The van der Waals surface area contributed by atoms with Crippen LogP contribution in [-0.4, -0.2) is 9.36 Å². The molecule has 2 aromatic rings. The molecule has 0 aliphatic rings. The van der Waals surface area contributed by atoms with Crippen LogP contribution in [0, 0.1) is 5.82 Å². The number of rotatable bonds is 1. The molecule has 90 valence electrons. The van der Waals surface area contributed by atoms with Gasteiger partial charge in [0, 0.05) is 17.1 Å². The molecular weight excluding hydrogens is 258 g/mol. The minimum Gasteiger partial charge on any atom is -0.374 e. The zero-order chi connectivity index (χ0) is 12.6. The van der Waals surface area contributed by atoms with Gasteiger partial charge in [0.15, 0.2) is 11.0 Å². The van der Waals surface area contributed by atoms with Crippen molar-refractivity contribution in [2.75, 3.05) is 5.73 Å². The van der Waals surface area contributed by atoms with E-state index in [0.717, 1.165) is 17.6 Å². The van der Waals surface area contributed by atoms with Crippen LogP contribution in [0.5, 0.6) is 0 Å². The van der Waals surface area contributed by atoms with Gasteiger partial charge < -0.3 is 5.73 Å². The van der Waals surface area contributed by atoms with Crippen LogP contribution in [0.15, 0.2) is 18.2 Å². The van der Waals surface area contributed by atoms with Gasteiger partial charge in [0.1, 0.15) is 5.82 Å². The molecule has 17 heavy (non-hydrogen) atoms. The highest BCUT2D eigenvalue weighted by atomic mass is 32.1. The first-order valence-electron chi connectivity index (χ1n) is 4.34. The number of anilines is 1. The highest BCUT2D eigenvalue weighted by molar-refractivity contribution is 7.09. The lowest BCUT2D eigenvalue weighted by atomic mass is 10.1. The van der Waals surface area contributed by atoms with Gasteiger partial charge in [0.25, 0.3) is 0 Å². The van der Waals surface area contributed by atoms with Crippen LogP contribution < -0.4 is 5.73 Å². The molecule has 1 aromatic heterocycles. The van der Waals surface area contributed by atoms with Crippen molar-refractivity contribution in [3.8, 4) is 11.4 Å². The average Bonchev–Trinajstić information content (AvgIpc) is 2.64. The second kappa shape index (κ2) is 3.95. The van der Waals surface area contributed by atoms with Gasteiger partial charge in [0.2, 0.25) is 0 Å². The molecule has 2 rings (SSSR count). The third-order valence-corrected chi connectivity index (χ3v) is 2.51. The van der Waals surface area contributed by atoms with E-state index in [1.54, 1.807) is 0 Å². The van der Waals surface area contributed by atoms with Gasteiger partial charge in [-0.2, -0.15) is 22.5 Å². The van der Waals surface area contributed by atoms with E-state index < -0.39 is 17.6 Å². The Morgan fingerprint density at radius 3 is 2.47 bits per heavy atom. The topological polar surface area (TPSA) is 51.8 Å². The quantitative estimate of drug-likeness (QED) is 0.805. The van der Waals surface area contributed by atoms with Gasteiger partial charge in [-0.3, -0.25) is 0 Å². The predicted molar refractivity (Wildman–Crippen MR) is 54.7 cm³/mol. The lowest BCUT2D eigenvalue weighted by Gasteiger charge is -2.08. The van der Waals surface area contributed by atoms with E-state index in [1.807, 2.05) is 0 Å². The molecule has 0 aliphatic heterocycles. The molecule has 2 N–H and O–H groups in total. The summed E-state index contributed by atoms with van der Waals surface area (Å²) in [7, 11) is 0. The van der Waals surface area contributed by atoms with Gasteiger partial charge in [-0.05, 0) is 18.2 Å². The third-order valence-electron chi connectivity index (χ3n) is 1.97. The number of benzene rings is 1. The van der Waals surface area contributed by atoms with E-state index in [9.17, 15) is 17.6 Å². The number of nitrogen functional groups attached to an aromatic ring is 1. The molecule has 0 unspecified atom stereocenters. The normalized spacial score (nSPS) is 11.8. The van der Waals surface area contributed by atoms with Crippen molar-refractivity contribution in [2.24, 2.45) is 0 Å². The van der Waals surface area contributed by atoms with Crippen molar-refractivity contribution >= 4 is 16.7 Å². The Morgan fingerprint density at radius 1 is 1.24 bits per heavy atom. The Morgan fingerprint density at radius 2 is 1.94 bits per heavy atom. The maximum absolute atomic E-state index is 13.0. The van der Waals surface area contributed by atoms with Crippen LogP contribution in [0.1, 0.15) is 5.56 Å². The summed E-state index contributed by atoms with van der Waals surface area (Å²) in [6.45, 7) is 0. The molecule has 0 bridgehead atoms. The molecule has 0 saturated carbocycles. The summed E-state index contributed by atoms with van der Waals surface area (Å²) < 4.78 is 54.1. The fraction of sp³-hybridized carbons (Fsp3) is 0.111. The minimum atomic E-state index is -4.75. The predicted octanol–water partition coefficient (Wildman–Crippen LogP) is 2.95. The fourth-order valence-corrected chi connectivity index (χ4v) is 1.69. The summed E-state index contributed by atoms with van der Waals surface area (Å²) >= 11 is 0.858. The summed E-state index contributed by atoms with van der Waals surface area (Å²) in [5.41, 5.74) is 4.05. The van der Waals surface area contributed by atoms with E-state index in [4.69, 9.17) is 5.73 Å². The van der Waals surface area contributed by atoms with Crippen LogP contribution in [0.3, 0.4) is 0 Å². The second-order valence-electron chi connectivity index (χ2n) is 3.15. The van der Waals surface area contributed by atoms with Crippen molar-refractivity contribution < 1.29 is 17.6 Å². The van der Waals surface area contributed by atoms with Gasteiger partial charge in [0.05, 0.1) is 5.56 Å². The van der Waals surface area contributed by atoms with Gasteiger partial charge in [-0.15, -0.1) is 0 Å². The van der Waals surface area contributed by atoms with Crippen molar-refractivity contribution in [1.29, 1.82) is 0 Å². The van der Waals surface area contributed by atoms with Gasteiger partial charge in [-0.1, -0.05) is 0 Å². The number of nitrogens with zero attached hydrogens (tertiary/aromatic N) is 2. The summed E-state index contributed by atoms with van der Waals surface area (Å²) in [5.74, 6) is -1.28. The summed E-state index contributed by atoms with van der Waals surface area (Å²) in [5, 5.41) is 0.137. The lowest BCUT2D eigenvalue weighted by molar-refractivity contribution is -0.139. The smallest absolute Gasteiger partial charge is 0.374 e. The fourth-order valence-electron chi connectivity index (χ4n) is 1.23. The molecule has 0 spiro atoms. The maximum Gasteiger partial charge on any atom is 0.419 e. The molecule has 1 heterocycles. The number of aromatic nitrogens is 2. The van der Waals surface area contributed by atoms with Crippen LogP contribution in [0.25, 0.3) is 11.4 Å². The largest absolute Gasteiger partial charge is 0.419 e. The van der Waals surface area contributed by atoms with E-state index in [1.165, 1.54) is 6.07 Å². The van der Waals surface area contributed by atoms with Gasteiger partial charge >= 0.3 is 6.18 Å². The van der Waals surface area contributed by atoms with Crippen LogP contribution in [0.4, 0.5) is 22.7 Å². The van der Waals surface area contributed by atoms with E-state index in [2.05, 4.69) is 9.36 Å². The molecular formula is C9H5F4N3S. The SMILES string of the molecule is Nc1nc(-c2ccc(F)c(C(F)(F)F)c2)ns1. The summed E-state index contributed by atoms with van der Waals surface area (Å²) in [4.78, 5) is 3.73. The first-order valence-corrected chi connectivity index (χ1v) is 5.11. The van der Waals surface area contributed by atoms with E-state index in [-0.39, 0.29) is 16.5 Å². The molecule has 0 fully saturated rings. The van der Waals surface area contributed by atoms with Crippen LogP contribution in [0.2, 0.25) is 0 Å². The Labute approximate surface area is 97.1 Å².